The number of hydrogen-bond donors (Lipinski definition) is 2. The molecule has 0 aliphatic heterocycles. The first-order chi connectivity index (χ1) is 15.4. The van der Waals surface area contributed by atoms with Crippen molar-refractivity contribution >= 4 is 0 Å². The van der Waals surface area contributed by atoms with Crippen molar-refractivity contribution in [2.24, 2.45) is 0 Å². The fourth-order valence-electron chi connectivity index (χ4n) is 5.35. The van der Waals surface area contributed by atoms with Crippen molar-refractivity contribution in [3.8, 4) is 11.5 Å². The minimum atomic E-state index is -0.267. The van der Waals surface area contributed by atoms with E-state index in [4.69, 9.17) is 0 Å². The average Bonchev–Trinajstić information content (AvgIpc) is 2.80. The predicted octanol–water partition coefficient (Wildman–Crippen LogP) is 9.48. The molecule has 33 heavy (non-hydrogen) atoms. The Kier molecular flexibility index (Phi) is 9.08. The summed E-state index contributed by atoms with van der Waals surface area (Å²) >= 11 is 0. The van der Waals surface area contributed by atoms with Crippen LogP contribution in [-0.2, 0) is 5.41 Å². The molecule has 2 aromatic carbocycles. The van der Waals surface area contributed by atoms with Crippen LogP contribution in [0.25, 0.3) is 0 Å². The van der Waals surface area contributed by atoms with Gasteiger partial charge in [-0.1, -0.05) is 69.2 Å². The van der Waals surface area contributed by atoms with Crippen molar-refractivity contribution in [2.45, 2.75) is 124 Å². The SMILES string of the molecule is CCC(C)c1cc(O)cc(C(C)CC)c1C(C)(C)c1c(C(C)CC)cc(O)cc1C(C)CC. The molecule has 2 N–H and O–H groups in total. The lowest BCUT2D eigenvalue weighted by Gasteiger charge is -2.39. The van der Waals surface area contributed by atoms with E-state index in [1.807, 2.05) is 24.3 Å². The van der Waals surface area contributed by atoms with Crippen LogP contribution < -0.4 is 0 Å². The minimum Gasteiger partial charge on any atom is -0.508 e. The lowest BCUT2D eigenvalue weighted by atomic mass is 9.65. The third kappa shape index (κ3) is 5.42. The van der Waals surface area contributed by atoms with Crippen molar-refractivity contribution < 1.29 is 10.2 Å². The standard InChI is InChI=1S/C31H48O2/c1-11-19(5)25-15-23(32)16-26(20(6)12-2)29(25)31(9,10)30-27(21(7)13-3)17-24(33)18-28(30)22(8)14-4/h15-22,32-33H,11-14H2,1-10H3. The fraction of sp³-hybridized carbons (Fsp3) is 0.613. The van der Waals surface area contributed by atoms with Crippen LogP contribution in [0.5, 0.6) is 11.5 Å². The van der Waals surface area contributed by atoms with Crippen LogP contribution in [0.1, 0.15) is 152 Å². The van der Waals surface area contributed by atoms with E-state index in [9.17, 15) is 10.2 Å². The number of hydrogen-bond acceptors (Lipinski definition) is 2. The molecule has 0 fully saturated rings. The third-order valence-electron chi connectivity index (χ3n) is 8.19. The lowest BCUT2D eigenvalue weighted by molar-refractivity contribution is 0.466. The summed E-state index contributed by atoms with van der Waals surface area (Å²) in [5.41, 5.74) is 7.50. The third-order valence-corrected chi connectivity index (χ3v) is 8.19. The molecule has 2 heteroatoms. The Morgan fingerprint density at radius 3 is 0.939 bits per heavy atom. The van der Waals surface area contributed by atoms with E-state index in [1.165, 1.54) is 33.4 Å². The summed E-state index contributed by atoms with van der Waals surface area (Å²) in [6.45, 7) is 22.7. The molecule has 0 radical (unpaired) electrons. The molecule has 2 nitrogen and oxygen atoms in total. The molecule has 0 bridgehead atoms. The first-order valence-electron chi connectivity index (χ1n) is 13.2. The first kappa shape index (κ1) is 27.3. The number of benzene rings is 2. The van der Waals surface area contributed by atoms with E-state index in [-0.39, 0.29) is 5.41 Å². The van der Waals surface area contributed by atoms with Gasteiger partial charge in [-0.3, -0.25) is 0 Å². The number of phenolic OH excluding ortho intramolecular Hbond substituents is 2. The Balaban J connectivity index is 3.06. The fourth-order valence-corrected chi connectivity index (χ4v) is 5.35. The molecule has 0 aromatic heterocycles. The molecule has 184 valence electrons. The van der Waals surface area contributed by atoms with Crippen molar-refractivity contribution in [1.29, 1.82) is 0 Å². The second-order valence-electron chi connectivity index (χ2n) is 10.9. The van der Waals surface area contributed by atoms with Crippen molar-refractivity contribution in [2.75, 3.05) is 0 Å². The van der Waals surface area contributed by atoms with Gasteiger partial charge in [0.1, 0.15) is 11.5 Å². The number of phenols is 2. The summed E-state index contributed by atoms with van der Waals surface area (Å²) in [6, 6.07) is 8.01. The second-order valence-corrected chi connectivity index (χ2v) is 10.9. The highest BCUT2D eigenvalue weighted by Gasteiger charge is 2.36. The van der Waals surface area contributed by atoms with E-state index in [0.717, 1.165) is 25.7 Å². The largest absolute Gasteiger partial charge is 0.508 e. The van der Waals surface area contributed by atoms with Gasteiger partial charge in [0, 0.05) is 5.41 Å². The van der Waals surface area contributed by atoms with Crippen molar-refractivity contribution in [3.63, 3.8) is 0 Å². The van der Waals surface area contributed by atoms with E-state index in [0.29, 0.717) is 35.2 Å². The maximum atomic E-state index is 10.7. The highest BCUT2D eigenvalue weighted by Crippen LogP contribution is 2.49. The zero-order valence-corrected chi connectivity index (χ0v) is 22.8. The van der Waals surface area contributed by atoms with Crippen LogP contribution in [0.4, 0.5) is 0 Å². The molecular weight excluding hydrogens is 404 g/mol. The van der Waals surface area contributed by atoms with Crippen LogP contribution in [0.15, 0.2) is 24.3 Å². The van der Waals surface area contributed by atoms with Crippen molar-refractivity contribution in [1.82, 2.24) is 0 Å². The van der Waals surface area contributed by atoms with E-state index in [1.54, 1.807) is 0 Å². The molecule has 2 aromatic rings. The lowest BCUT2D eigenvalue weighted by Crippen LogP contribution is -2.28. The van der Waals surface area contributed by atoms with Crippen molar-refractivity contribution in [3.05, 3.63) is 57.6 Å². The molecule has 2 rings (SSSR count). The minimum absolute atomic E-state index is 0.267. The van der Waals surface area contributed by atoms with Gasteiger partial charge in [-0.25, -0.2) is 0 Å². The van der Waals surface area contributed by atoms with Gasteiger partial charge in [-0.05, 0) is 107 Å². The zero-order chi connectivity index (χ0) is 25.1. The van der Waals surface area contributed by atoms with Gasteiger partial charge in [-0.2, -0.15) is 0 Å². The van der Waals surface area contributed by atoms with Crippen LogP contribution >= 0.6 is 0 Å². The Morgan fingerprint density at radius 1 is 0.545 bits per heavy atom. The molecule has 4 atom stereocenters. The molecule has 0 saturated carbocycles. The summed E-state index contributed by atoms with van der Waals surface area (Å²) in [7, 11) is 0. The highest BCUT2D eigenvalue weighted by molar-refractivity contribution is 5.58. The summed E-state index contributed by atoms with van der Waals surface area (Å²) < 4.78 is 0. The van der Waals surface area contributed by atoms with Gasteiger partial charge in [0.05, 0.1) is 0 Å². The van der Waals surface area contributed by atoms with Crippen LogP contribution in [0, 0.1) is 0 Å². The van der Waals surface area contributed by atoms with Gasteiger partial charge in [0.25, 0.3) is 0 Å². The van der Waals surface area contributed by atoms with Crippen LogP contribution in [0.2, 0.25) is 0 Å². The van der Waals surface area contributed by atoms with Gasteiger partial charge < -0.3 is 10.2 Å². The van der Waals surface area contributed by atoms with Crippen LogP contribution in [-0.4, -0.2) is 10.2 Å². The summed E-state index contributed by atoms with van der Waals surface area (Å²) in [4.78, 5) is 0. The average molecular weight is 453 g/mol. The molecule has 0 amide bonds. The zero-order valence-electron chi connectivity index (χ0n) is 22.8. The second kappa shape index (κ2) is 11.0. The van der Waals surface area contributed by atoms with Gasteiger partial charge >= 0.3 is 0 Å². The quantitative estimate of drug-likeness (QED) is 0.377. The van der Waals surface area contributed by atoms with Gasteiger partial charge in [0.15, 0.2) is 0 Å². The Bertz CT molecular complexity index is 802. The Hall–Kier alpha value is -1.96. The predicted molar refractivity (Wildman–Crippen MR) is 143 cm³/mol. The molecular formula is C31H48O2. The Labute approximate surface area is 203 Å². The molecule has 4 unspecified atom stereocenters. The van der Waals surface area contributed by atoms with Gasteiger partial charge in [0.2, 0.25) is 0 Å². The molecule has 0 aliphatic rings. The summed E-state index contributed by atoms with van der Waals surface area (Å²) in [5, 5.41) is 21.4. The Morgan fingerprint density at radius 2 is 0.758 bits per heavy atom. The monoisotopic (exact) mass is 452 g/mol. The summed E-state index contributed by atoms with van der Waals surface area (Å²) in [6.07, 6.45) is 4.11. The van der Waals surface area contributed by atoms with E-state index in [2.05, 4.69) is 69.2 Å². The summed E-state index contributed by atoms with van der Waals surface area (Å²) in [5.74, 6) is 2.15. The highest BCUT2D eigenvalue weighted by atomic mass is 16.3. The maximum absolute atomic E-state index is 10.7. The normalized spacial score (nSPS) is 15.8. The smallest absolute Gasteiger partial charge is 0.116 e. The number of aromatic hydroxyl groups is 2. The number of rotatable bonds is 10. The molecule has 0 aliphatic carbocycles. The maximum Gasteiger partial charge on any atom is 0.116 e. The molecule has 0 heterocycles. The van der Waals surface area contributed by atoms with Gasteiger partial charge in [-0.15, -0.1) is 0 Å². The molecule has 0 spiro atoms. The van der Waals surface area contributed by atoms with E-state index >= 15 is 0 Å². The molecule has 0 saturated heterocycles. The first-order valence-corrected chi connectivity index (χ1v) is 13.2. The van der Waals surface area contributed by atoms with Crippen LogP contribution in [0.3, 0.4) is 0 Å². The topological polar surface area (TPSA) is 40.5 Å². The van der Waals surface area contributed by atoms with E-state index < -0.39 is 0 Å².